The first kappa shape index (κ1) is 15.6. The van der Waals surface area contributed by atoms with E-state index >= 15 is 0 Å². The minimum absolute atomic E-state index is 0.204. The Bertz CT molecular complexity index is 942. The number of halogens is 1. The zero-order valence-corrected chi connectivity index (χ0v) is 14.1. The molecule has 0 radical (unpaired) electrons. The van der Waals surface area contributed by atoms with Crippen molar-refractivity contribution >= 4 is 23.2 Å². The van der Waals surface area contributed by atoms with E-state index in [0.717, 1.165) is 16.8 Å². The van der Waals surface area contributed by atoms with E-state index in [1.165, 1.54) is 11.0 Å². The van der Waals surface area contributed by atoms with Crippen molar-refractivity contribution in [1.29, 1.82) is 0 Å². The first-order valence-electron chi connectivity index (χ1n) is 7.70. The van der Waals surface area contributed by atoms with Crippen LogP contribution in [-0.4, -0.2) is 32.2 Å². The first-order chi connectivity index (χ1) is 12.1. The number of carbonyl (C=O) groups excluding carboxylic acids is 1. The number of rotatable bonds is 3. The van der Waals surface area contributed by atoms with Gasteiger partial charge in [0.1, 0.15) is 12.1 Å². The second kappa shape index (κ2) is 6.18. The molecule has 1 aliphatic heterocycles. The van der Waals surface area contributed by atoms with E-state index in [1.54, 1.807) is 12.1 Å². The molecule has 1 unspecified atom stereocenters. The van der Waals surface area contributed by atoms with E-state index in [9.17, 15) is 4.79 Å². The Morgan fingerprint density at radius 3 is 3.00 bits per heavy atom. The van der Waals surface area contributed by atoms with E-state index in [2.05, 4.69) is 20.8 Å². The molecule has 1 N–H and O–H groups in total. The van der Waals surface area contributed by atoms with Gasteiger partial charge in [-0.2, -0.15) is 0 Å². The minimum atomic E-state index is -0.579. The Balaban J connectivity index is 1.53. The Morgan fingerprint density at radius 1 is 1.32 bits per heavy atom. The van der Waals surface area contributed by atoms with E-state index in [1.807, 2.05) is 31.2 Å². The maximum absolute atomic E-state index is 12.6. The highest BCUT2D eigenvalue weighted by molar-refractivity contribution is 6.30. The lowest BCUT2D eigenvalue weighted by Gasteiger charge is -2.14. The van der Waals surface area contributed by atoms with E-state index < -0.39 is 6.10 Å². The molecule has 0 saturated carbocycles. The molecule has 1 amide bonds. The summed E-state index contributed by atoms with van der Waals surface area (Å²) in [6.07, 6.45) is 1.41. The number of carbonyl (C=O) groups is 1. The number of aromatic nitrogens is 4. The Kier molecular flexibility index (Phi) is 3.85. The van der Waals surface area contributed by atoms with Gasteiger partial charge in [0.25, 0.3) is 5.91 Å². The maximum atomic E-state index is 12.6. The highest BCUT2D eigenvalue weighted by Gasteiger charge is 2.29. The molecule has 0 bridgehead atoms. The standard InChI is InChI=1S/C17H14ClN5O2/c1-10-2-4-13(23-9-19-21-22-23)8-14(10)20-17(24)16-7-11-6-12(18)3-5-15(11)25-16/h2-6,8-9,16H,7H2,1H3,(H,20,24). The Morgan fingerprint density at radius 2 is 2.20 bits per heavy atom. The van der Waals surface area contributed by atoms with Crippen molar-refractivity contribution in [2.24, 2.45) is 0 Å². The van der Waals surface area contributed by atoms with Gasteiger partial charge in [0, 0.05) is 17.1 Å². The smallest absolute Gasteiger partial charge is 0.265 e. The summed E-state index contributed by atoms with van der Waals surface area (Å²) < 4.78 is 7.26. The number of aryl methyl sites for hydroxylation is 1. The molecule has 126 valence electrons. The van der Waals surface area contributed by atoms with Crippen LogP contribution in [0.2, 0.25) is 5.02 Å². The zero-order valence-electron chi connectivity index (χ0n) is 13.3. The molecule has 8 heteroatoms. The molecular formula is C17H14ClN5O2. The van der Waals surface area contributed by atoms with Gasteiger partial charge in [-0.1, -0.05) is 17.7 Å². The van der Waals surface area contributed by atoms with Crippen molar-refractivity contribution in [3.63, 3.8) is 0 Å². The molecular weight excluding hydrogens is 342 g/mol. The molecule has 1 atom stereocenters. The van der Waals surface area contributed by atoms with Crippen molar-refractivity contribution in [3.05, 3.63) is 58.9 Å². The van der Waals surface area contributed by atoms with Crippen molar-refractivity contribution < 1.29 is 9.53 Å². The predicted octanol–water partition coefficient (Wildman–Crippen LogP) is 2.57. The highest BCUT2D eigenvalue weighted by Crippen LogP contribution is 2.31. The van der Waals surface area contributed by atoms with Gasteiger partial charge in [-0.3, -0.25) is 4.79 Å². The van der Waals surface area contributed by atoms with Gasteiger partial charge < -0.3 is 10.1 Å². The van der Waals surface area contributed by atoms with Gasteiger partial charge in [0.2, 0.25) is 0 Å². The van der Waals surface area contributed by atoms with Crippen molar-refractivity contribution in [2.75, 3.05) is 5.32 Å². The molecule has 2 heterocycles. The molecule has 0 spiro atoms. The average molecular weight is 356 g/mol. The van der Waals surface area contributed by atoms with Crippen molar-refractivity contribution in [1.82, 2.24) is 20.2 Å². The Hall–Kier alpha value is -2.93. The number of nitrogens with one attached hydrogen (secondary N) is 1. The maximum Gasteiger partial charge on any atom is 0.265 e. The van der Waals surface area contributed by atoms with E-state index in [4.69, 9.17) is 16.3 Å². The molecule has 1 aliphatic rings. The van der Waals surface area contributed by atoms with Crippen LogP contribution in [0, 0.1) is 6.92 Å². The van der Waals surface area contributed by atoms with Crippen molar-refractivity contribution in [3.8, 4) is 11.4 Å². The molecule has 2 aromatic carbocycles. The SMILES string of the molecule is Cc1ccc(-n2cnnn2)cc1NC(=O)C1Cc2cc(Cl)ccc2O1. The van der Waals surface area contributed by atoms with Crippen LogP contribution in [0.25, 0.3) is 5.69 Å². The van der Waals surface area contributed by atoms with Gasteiger partial charge in [-0.15, -0.1) is 5.10 Å². The fourth-order valence-electron chi connectivity index (χ4n) is 2.74. The summed E-state index contributed by atoms with van der Waals surface area (Å²) in [6, 6.07) is 11.0. The van der Waals surface area contributed by atoms with Gasteiger partial charge in [0.15, 0.2) is 6.10 Å². The molecule has 4 rings (SSSR count). The van der Waals surface area contributed by atoms with Crippen LogP contribution < -0.4 is 10.1 Å². The number of amides is 1. The van der Waals surface area contributed by atoms with Crippen LogP contribution in [0.3, 0.4) is 0 Å². The van der Waals surface area contributed by atoms with Crippen LogP contribution in [0.1, 0.15) is 11.1 Å². The third-order valence-corrected chi connectivity index (χ3v) is 4.32. The number of hydrogen-bond acceptors (Lipinski definition) is 5. The second-order valence-electron chi connectivity index (χ2n) is 5.81. The normalized spacial score (nSPS) is 15.5. The predicted molar refractivity (Wildman–Crippen MR) is 92.1 cm³/mol. The number of tetrazole rings is 1. The molecule has 0 aliphatic carbocycles. The van der Waals surface area contributed by atoms with Crippen LogP contribution in [0.15, 0.2) is 42.7 Å². The lowest BCUT2D eigenvalue weighted by Crippen LogP contribution is -2.31. The summed E-state index contributed by atoms with van der Waals surface area (Å²) in [4.78, 5) is 12.6. The molecule has 0 fully saturated rings. The zero-order chi connectivity index (χ0) is 17.4. The number of nitrogens with zero attached hydrogens (tertiary/aromatic N) is 4. The first-order valence-corrected chi connectivity index (χ1v) is 8.08. The number of hydrogen-bond donors (Lipinski definition) is 1. The summed E-state index contributed by atoms with van der Waals surface area (Å²) in [5, 5.41) is 14.7. The van der Waals surface area contributed by atoms with Crippen LogP contribution in [0.5, 0.6) is 5.75 Å². The number of anilines is 1. The monoisotopic (exact) mass is 355 g/mol. The lowest BCUT2D eigenvalue weighted by molar-refractivity contribution is -0.122. The summed E-state index contributed by atoms with van der Waals surface area (Å²) in [5.41, 5.74) is 3.32. The van der Waals surface area contributed by atoms with Crippen LogP contribution >= 0.6 is 11.6 Å². The third kappa shape index (κ3) is 3.06. The van der Waals surface area contributed by atoms with Gasteiger partial charge in [-0.05, 0) is 58.8 Å². The third-order valence-electron chi connectivity index (χ3n) is 4.08. The summed E-state index contributed by atoms with van der Waals surface area (Å²) in [5.74, 6) is 0.494. The van der Waals surface area contributed by atoms with Crippen LogP contribution in [0.4, 0.5) is 5.69 Å². The second-order valence-corrected chi connectivity index (χ2v) is 6.24. The minimum Gasteiger partial charge on any atom is -0.480 e. The average Bonchev–Trinajstić information content (AvgIpc) is 3.25. The topological polar surface area (TPSA) is 81.9 Å². The van der Waals surface area contributed by atoms with Gasteiger partial charge >= 0.3 is 0 Å². The number of benzene rings is 2. The summed E-state index contributed by atoms with van der Waals surface area (Å²) in [7, 11) is 0. The van der Waals surface area contributed by atoms with Crippen molar-refractivity contribution in [2.45, 2.75) is 19.4 Å². The Labute approximate surface area is 148 Å². The molecule has 7 nitrogen and oxygen atoms in total. The van der Waals surface area contributed by atoms with Gasteiger partial charge in [0.05, 0.1) is 5.69 Å². The molecule has 1 aromatic heterocycles. The summed E-state index contributed by atoms with van der Waals surface area (Å²) >= 11 is 5.99. The molecule has 25 heavy (non-hydrogen) atoms. The highest BCUT2D eigenvalue weighted by atomic mass is 35.5. The van der Waals surface area contributed by atoms with Crippen LogP contribution in [-0.2, 0) is 11.2 Å². The van der Waals surface area contributed by atoms with E-state index in [0.29, 0.717) is 22.9 Å². The number of fused-ring (bicyclic) bond motifs is 1. The van der Waals surface area contributed by atoms with Gasteiger partial charge in [-0.25, -0.2) is 4.68 Å². The molecule has 3 aromatic rings. The van der Waals surface area contributed by atoms with E-state index in [-0.39, 0.29) is 5.91 Å². The largest absolute Gasteiger partial charge is 0.480 e. The number of ether oxygens (including phenoxy) is 1. The fraction of sp³-hybridized carbons (Fsp3) is 0.176. The molecule has 0 saturated heterocycles. The quantitative estimate of drug-likeness (QED) is 0.780. The lowest BCUT2D eigenvalue weighted by atomic mass is 10.1. The fourth-order valence-corrected chi connectivity index (χ4v) is 2.94. The summed E-state index contributed by atoms with van der Waals surface area (Å²) in [6.45, 7) is 1.92.